The first kappa shape index (κ1) is 29.0. The van der Waals surface area contributed by atoms with Crippen molar-refractivity contribution in [1.29, 1.82) is 5.26 Å². The SMILES string of the molecule is Cc1ccc(S(=O)(=O)NC(Cc2cccc(C#N)c2)C(=O)N2CCCC(C(=O)NCCc3ccccc3)C2)cc1. The van der Waals surface area contributed by atoms with Gasteiger partial charge in [0.15, 0.2) is 0 Å². The number of carbonyl (C=O) groups is 2. The van der Waals surface area contributed by atoms with Crippen LogP contribution in [0.3, 0.4) is 0 Å². The van der Waals surface area contributed by atoms with E-state index in [0.29, 0.717) is 43.5 Å². The van der Waals surface area contributed by atoms with Crippen molar-refractivity contribution < 1.29 is 18.0 Å². The highest BCUT2D eigenvalue weighted by molar-refractivity contribution is 7.89. The zero-order chi connectivity index (χ0) is 28.5. The molecule has 1 aliphatic rings. The van der Waals surface area contributed by atoms with Gasteiger partial charge >= 0.3 is 0 Å². The quantitative estimate of drug-likeness (QED) is 0.396. The number of rotatable bonds is 10. The molecular weight excluding hydrogens is 524 g/mol. The van der Waals surface area contributed by atoms with Crippen molar-refractivity contribution in [2.45, 2.75) is 43.5 Å². The van der Waals surface area contributed by atoms with Crippen LogP contribution in [-0.4, -0.2) is 50.8 Å². The van der Waals surface area contributed by atoms with Crippen LogP contribution >= 0.6 is 0 Å². The second-order valence-electron chi connectivity index (χ2n) is 10.2. The van der Waals surface area contributed by atoms with Gasteiger partial charge < -0.3 is 10.2 Å². The minimum atomic E-state index is -4.01. The van der Waals surface area contributed by atoms with Crippen LogP contribution in [0.4, 0.5) is 0 Å². The summed E-state index contributed by atoms with van der Waals surface area (Å²) in [6, 6.07) is 24.1. The summed E-state index contributed by atoms with van der Waals surface area (Å²) in [6.07, 6.45) is 2.09. The molecule has 1 heterocycles. The van der Waals surface area contributed by atoms with Crippen LogP contribution in [0, 0.1) is 24.2 Å². The first-order valence-corrected chi connectivity index (χ1v) is 14.9. The molecule has 208 valence electrons. The lowest BCUT2D eigenvalue weighted by Gasteiger charge is -2.34. The largest absolute Gasteiger partial charge is 0.355 e. The van der Waals surface area contributed by atoms with E-state index in [1.54, 1.807) is 41.3 Å². The van der Waals surface area contributed by atoms with Gasteiger partial charge in [-0.15, -0.1) is 0 Å². The Hall–Kier alpha value is -4.00. The van der Waals surface area contributed by atoms with Crippen molar-refractivity contribution in [3.8, 4) is 6.07 Å². The van der Waals surface area contributed by atoms with E-state index in [0.717, 1.165) is 11.1 Å². The summed E-state index contributed by atoms with van der Waals surface area (Å²) < 4.78 is 29.1. The highest BCUT2D eigenvalue weighted by atomic mass is 32.2. The van der Waals surface area contributed by atoms with Gasteiger partial charge in [-0.2, -0.15) is 9.98 Å². The summed E-state index contributed by atoms with van der Waals surface area (Å²) in [5.74, 6) is -0.864. The maximum absolute atomic E-state index is 13.8. The van der Waals surface area contributed by atoms with Crippen molar-refractivity contribution >= 4 is 21.8 Å². The molecule has 0 aliphatic carbocycles. The number of benzene rings is 3. The summed E-state index contributed by atoms with van der Waals surface area (Å²) in [6.45, 7) is 3.02. The van der Waals surface area contributed by atoms with Gasteiger partial charge in [0, 0.05) is 19.6 Å². The fourth-order valence-electron chi connectivity index (χ4n) is 4.89. The second-order valence-corrected chi connectivity index (χ2v) is 11.9. The number of aryl methyl sites for hydroxylation is 1. The Morgan fingerprint density at radius 2 is 1.75 bits per heavy atom. The average Bonchev–Trinajstić information content (AvgIpc) is 2.97. The van der Waals surface area contributed by atoms with E-state index in [1.807, 2.05) is 37.3 Å². The van der Waals surface area contributed by atoms with Crippen LogP contribution in [-0.2, 0) is 32.5 Å². The second kappa shape index (κ2) is 13.4. The summed E-state index contributed by atoms with van der Waals surface area (Å²) in [7, 11) is -4.01. The number of hydrogen-bond donors (Lipinski definition) is 2. The fraction of sp³-hybridized carbons (Fsp3) is 0.323. The van der Waals surface area contributed by atoms with E-state index in [1.165, 1.54) is 12.1 Å². The van der Waals surface area contributed by atoms with E-state index in [-0.39, 0.29) is 35.6 Å². The number of amides is 2. The van der Waals surface area contributed by atoms with Crippen LogP contribution in [0.2, 0.25) is 0 Å². The molecule has 0 bridgehead atoms. The van der Waals surface area contributed by atoms with Crippen LogP contribution in [0.1, 0.15) is 35.1 Å². The van der Waals surface area contributed by atoms with Gasteiger partial charge in [-0.1, -0.05) is 60.2 Å². The van der Waals surface area contributed by atoms with Crippen molar-refractivity contribution in [3.05, 3.63) is 101 Å². The van der Waals surface area contributed by atoms with E-state index < -0.39 is 16.1 Å². The Bertz CT molecular complexity index is 1470. The zero-order valence-electron chi connectivity index (χ0n) is 22.5. The lowest BCUT2D eigenvalue weighted by molar-refractivity contribution is -0.137. The lowest BCUT2D eigenvalue weighted by Crippen LogP contribution is -2.53. The van der Waals surface area contributed by atoms with Crippen LogP contribution < -0.4 is 10.0 Å². The Labute approximate surface area is 236 Å². The van der Waals surface area contributed by atoms with Gasteiger partial charge in [0.2, 0.25) is 21.8 Å². The number of nitriles is 1. The minimum absolute atomic E-state index is 0.0657. The van der Waals surface area contributed by atoms with Crippen LogP contribution in [0.15, 0.2) is 83.8 Å². The number of sulfonamides is 1. The molecule has 1 saturated heterocycles. The Morgan fingerprint density at radius 3 is 2.48 bits per heavy atom. The molecule has 0 spiro atoms. The fourth-order valence-corrected chi connectivity index (χ4v) is 6.08. The maximum Gasteiger partial charge on any atom is 0.241 e. The van der Waals surface area contributed by atoms with Gasteiger partial charge in [-0.05, 0) is 68.0 Å². The van der Waals surface area contributed by atoms with Crippen molar-refractivity contribution in [2.24, 2.45) is 5.92 Å². The molecule has 0 radical (unpaired) electrons. The Balaban J connectivity index is 1.47. The Kier molecular flexibility index (Phi) is 9.70. The smallest absolute Gasteiger partial charge is 0.241 e. The molecule has 0 saturated carbocycles. The molecule has 9 heteroatoms. The minimum Gasteiger partial charge on any atom is -0.355 e. The first-order valence-electron chi connectivity index (χ1n) is 13.4. The monoisotopic (exact) mass is 558 g/mol. The van der Waals surface area contributed by atoms with Crippen molar-refractivity contribution in [3.63, 3.8) is 0 Å². The third-order valence-corrected chi connectivity index (χ3v) is 8.57. The van der Waals surface area contributed by atoms with Gasteiger partial charge in [0.05, 0.1) is 22.4 Å². The normalized spacial score (nSPS) is 16.1. The lowest BCUT2D eigenvalue weighted by atomic mass is 9.95. The molecule has 0 aromatic heterocycles. The number of likely N-dealkylation sites (tertiary alicyclic amines) is 1. The molecule has 3 aromatic rings. The first-order chi connectivity index (χ1) is 19.2. The highest BCUT2D eigenvalue weighted by Gasteiger charge is 2.34. The maximum atomic E-state index is 13.8. The molecule has 40 heavy (non-hydrogen) atoms. The molecule has 1 fully saturated rings. The van der Waals surface area contributed by atoms with E-state index in [4.69, 9.17) is 0 Å². The van der Waals surface area contributed by atoms with Gasteiger partial charge in [0.1, 0.15) is 6.04 Å². The predicted octanol–water partition coefficient (Wildman–Crippen LogP) is 3.35. The van der Waals surface area contributed by atoms with E-state index in [2.05, 4.69) is 16.1 Å². The third kappa shape index (κ3) is 7.78. The third-order valence-electron chi connectivity index (χ3n) is 7.08. The van der Waals surface area contributed by atoms with Gasteiger partial charge in [-0.25, -0.2) is 8.42 Å². The van der Waals surface area contributed by atoms with Crippen LogP contribution in [0.5, 0.6) is 0 Å². The Morgan fingerprint density at radius 1 is 1.02 bits per heavy atom. The number of piperidine rings is 1. The van der Waals surface area contributed by atoms with Gasteiger partial charge in [-0.3, -0.25) is 9.59 Å². The predicted molar refractivity (Wildman–Crippen MR) is 153 cm³/mol. The summed E-state index contributed by atoms with van der Waals surface area (Å²) in [4.78, 5) is 28.4. The standard InChI is InChI=1S/C31H34N4O4S/c1-23-12-14-28(15-13-23)40(38,39)34-29(20-25-9-5-10-26(19-25)21-32)31(37)35-18-6-11-27(22-35)30(36)33-17-16-24-7-3-2-4-8-24/h2-5,7-10,12-15,19,27,29,34H,6,11,16-18,20,22H2,1H3,(H,33,36). The number of nitrogens with one attached hydrogen (secondary N) is 2. The topological polar surface area (TPSA) is 119 Å². The number of nitrogens with zero attached hydrogens (tertiary/aromatic N) is 2. The highest BCUT2D eigenvalue weighted by Crippen LogP contribution is 2.20. The summed E-state index contributed by atoms with van der Waals surface area (Å²) in [5, 5.41) is 12.3. The number of carbonyl (C=O) groups excluding carboxylic acids is 2. The molecule has 4 rings (SSSR count). The zero-order valence-corrected chi connectivity index (χ0v) is 23.4. The number of hydrogen-bond acceptors (Lipinski definition) is 5. The summed E-state index contributed by atoms with van der Waals surface area (Å²) >= 11 is 0. The molecule has 2 unspecified atom stereocenters. The van der Waals surface area contributed by atoms with Crippen LogP contribution in [0.25, 0.3) is 0 Å². The molecule has 2 N–H and O–H groups in total. The molecule has 3 aromatic carbocycles. The van der Waals surface area contributed by atoms with E-state index >= 15 is 0 Å². The molecule has 2 amide bonds. The molecule has 1 aliphatic heterocycles. The van der Waals surface area contributed by atoms with Crippen molar-refractivity contribution in [2.75, 3.05) is 19.6 Å². The average molecular weight is 559 g/mol. The van der Waals surface area contributed by atoms with Crippen molar-refractivity contribution in [1.82, 2.24) is 14.9 Å². The van der Waals surface area contributed by atoms with E-state index in [9.17, 15) is 23.3 Å². The molecular formula is C31H34N4O4S. The summed E-state index contributed by atoms with van der Waals surface area (Å²) in [5.41, 5.74) is 3.14. The molecule has 8 nitrogen and oxygen atoms in total. The van der Waals surface area contributed by atoms with Gasteiger partial charge in [0.25, 0.3) is 0 Å². The molecule has 2 atom stereocenters.